The third-order valence-electron chi connectivity index (χ3n) is 0.531. The van der Waals surface area contributed by atoms with Crippen molar-refractivity contribution in [2.75, 3.05) is 7.11 Å². The Morgan fingerprint density at radius 2 is 2.00 bits per heavy atom. The first-order valence-corrected chi connectivity index (χ1v) is 2.68. The first-order chi connectivity index (χ1) is 4.09. The van der Waals surface area contributed by atoms with Crippen LogP contribution in [0.3, 0.4) is 0 Å². The van der Waals surface area contributed by atoms with Crippen LogP contribution in [0.25, 0.3) is 0 Å². The Kier molecular flexibility index (Phi) is 3.37. The monoisotopic (exact) mass is 200 g/mol. The molecule has 5 heteroatoms. The Balaban J connectivity index is 4.21. The van der Waals surface area contributed by atoms with E-state index < -0.39 is 16.5 Å². The molecule has 0 rings (SSSR count). The summed E-state index contributed by atoms with van der Waals surface area (Å²) in [5.74, 6) is -1.07. The number of methoxy groups -OCH3 is 1. The predicted molar refractivity (Wildman–Crippen MR) is 30.2 cm³/mol. The lowest BCUT2D eigenvalue weighted by molar-refractivity contribution is -0.135. The van der Waals surface area contributed by atoms with Gasteiger partial charge in [-0.05, 0) is 15.9 Å². The van der Waals surface area contributed by atoms with Gasteiger partial charge in [0, 0.05) is 0 Å². The summed E-state index contributed by atoms with van der Waals surface area (Å²) >= 11 is 2.32. The SMILES string of the molecule is COC(=O)C(Br)=C(F)F. The molecule has 0 aromatic carbocycles. The molecule has 0 aliphatic carbocycles. The maximum atomic E-state index is 11.4. The molecule has 0 atom stereocenters. The van der Waals surface area contributed by atoms with Gasteiger partial charge in [-0.3, -0.25) is 0 Å². The number of hydrogen-bond acceptors (Lipinski definition) is 2. The second kappa shape index (κ2) is 3.55. The van der Waals surface area contributed by atoms with E-state index in [0.717, 1.165) is 7.11 Å². The summed E-state index contributed by atoms with van der Waals surface area (Å²) in [5, 5.41) is 0. The molecular formula is C4H3BrF2O2. The quantitative estimate of drug-likeness (QED) is 0.476. The van der Waals surface area contributed by atoms with Crippen LogP contribution in [-0.2, 0) is 9.53 Å². The van der Waals surface area contributed by atoms with Gasteiger partial charge >= 0.3 is 5.97 Å². The smallest absolute Gasteiger partial charge is 0.350 e. The zero-order valence-electron chi connectivity index (χ0n) is 4.45. The van der Waals surface area contributed by atoms with Gasteiger partial charge in [0.25, 0.3) is 6.08 Å². The number of esters is 1. The fourth-order valence-electron chi connectivity index (χ4n) is 0.167. The average Bonchev–Trinajstić information content (AvgIpc) is 1.84. The van der Waals surface area contributed by atoms with Gasteiger partial charge in [0.15, 0.2) is 4.48 Å². The number of rotatable bonds is 1. The van der Waals surface area contributed by atoms with E-state index in [4.69, 9.17) is 0 Å². The summed E-state index contributed by atoms with van der Waals surface area (Å²) < 4.78 is 25.9. The van der Waals surface area contributed by atoms with Crippen molar-refractivity contribution < 1.29 is 18.3 Å². The zero-order chi connectivity index (χ0) is 7.44. The van der Waals surface area contributed by atoms with E-state index in [2.05, 4.69) is 20.7 Å². The number of ether oxygens (including phenoxy) is 1. The maximum Gasteiger partial charge on any atom is 0.350 e. The van der Waals surface area contributed by atoms with Gasteiger partial charge in [0.2, 0.25) is 0 Å². The lowest BCUT2D eigenvalue weighted by Crippen LogP contribution is -1.99. The Morgan fingerprint density at radius 3 is 2.11 bits per heavy atom. The molecular weight excluding hydrogens is 198 g/mol. The van der Waals surface area contributed by atoms with Crippen LogP contribution in [0.4, 0.5) is 8.78 Å². The van der Waals surface area contributed by atoms with Crippen molar-refractivity contribution in [3.8, 4) is 0 Å². The Morgan fingerprint density at radius 1 is 1.56 bits per heavy atom. The first kappa shape index (κ1) is 8.55. The molecule has 9 heavy (non-hydrogen) atoms. The van der Waals surface area contributed by atoms with Crippen molar-refractivity contribution in [1.82, 2.24) is 0 Å². The third-order valence-corrected chi connectivity index (χ3v) is 1.15. The van der Waals surface area contributed by atoms with Crippen molar-refractivity contribution in [2.45, 2.75) is 0 Å². The van der Waals surface area contributed by atoms with Crippen LogP contribution < -0.4 is 0 Å². The van der Waals surface area contributed by atoms with Gasteiger partial charge in [-0.1, -0.05) is 0 Å². The molecule has 0 amide bonds. The zero-order valence-corrected chi connectivity index (χ0v) is 6.04. The number of carbonyl (C=O) groups is 1. The lowest BCUT2D eigenvalue weighted by atomic mass is 10.6. The highest BCUT2D eigenvalue weighted by molar-refractivity contribution is 9.12. The van der Waals surface area contributed by atoms with Crippen molar-refractivity contribution in [3.05, 3.63) is 10.6 Å². The average molecular weight is 201 g/mol. The molecule has 0 N–H and O–H groups in total. The van der Waals surface area contributed by atoms with E-state index in [1.165, 1.54) is 0 Å². The Bertz CT molecular complexity index is 151. The van der Waals surface area contributed by atoms with E-state index in [-0.39, 0.29) is 0 Å². The molecule has 0 bridgehead atoms. The summed E-state index contributed by atoms with van der Waals surface area (Å²) in [4.78, 5) is 10.1. The van der Waals surface area contributed by atoms with Crippen molar-refractivity contribution >= 4 is 21.9 Å². The molecule has 0 unspecified atom stereocenters. The van der Waals surface area contributed by atoms with Gasteiger partial charge in [-0.2, -0.15) is 8.78 Å². The second-order valence-electron chi connectivity index (χ2n) is 1.07. The molecule has 2 nitrogen and oxygen atoms in total. The Labute approximate surface area is 58.6 Å². The fourth-order valence-corrected chi connectivity index (χ4v) is 0.329. The molecule has 0 aliphatic heterocycles. The molecule has 0 saturated heterocycles. The van der Waals surface area contributed by atoms with E-state index in [0.29, 0.717) is 0 Å². The summed E-state index contributed by atoms with van der Waals surface area (Å²) in [5.41, 5.74) is 0. The van der Waals surface area contributed by atoms with Crippen LogP contribution in [-0.4, -0.2) is 13.1 Å². The fraction of sp³-hybridized carbons (Fsp3) is 0.250. The molecule has 0 saturated carbocycles. The number of carbonyl (C=O) groups excluding carboxylic acids is 1. The second-order valence-corrected chi connectivity index (χ2v) is 1.86. The minimum atomic E-state index is -2.08. The van der Waals surface area contributed by atoms with Gasteiger partial charge < -0.3 is 4.74 Å². The topological polar surface area (TPSA) is 26.3 Å². The summed E-state index contributed by atoms with van der Waals surface area (Å²) in [6.45, 7) is 0. The largest absolute Gasteiger partial charge is 0.465 e. The van der Waals surface area contributed by atoms with Crippen LogP contribution in [0.1, 0.15) is 0 Å². The number of halogens is 3. The summed E-state index contributed by atoms with van der Waals surface area (Å²) in [7, 11) is 1.02. The van der Waals surface area contributed by atoms with Gasteiger partial charge in [-0.15, -0.1) is 0 Å². The Hall–Kier alpha value is -0.450. The normalized spacial score (nSPS) is 8.44. The molecule has 0 aliphatic rings. The van der Waals surface area contributed by atoms with Crippen molar-refractivity contribution in [1.29, 1.82) is 0 Å². The van der Waals surface area contributed by atoms with Crippen LogP contribution in [0, 0.1) is 0 Å². The minimum absolute atomic E-state index is 0.829. The van der Waals surface area contributed by atoms with Gasteiger partial charge in [0.1, 0.15) is 0 Å². The van der Waals surface area contributed by atoms with E-state index in [1.54, 1.807) is 0 Å². The van der Waals surface area contributed by atoms with Crippen LogP contribution in [0.2, 0.25) is 0 Å². The molecule has 0 spiro atoms. The van der Waals surface area contributed by atoms with Crippen LogP contribution in [0.5, 0.6) is 0 Å². The van der Waals surface area contributed by atoms with Gasteiger partial charge in [0.05, 0.1) is 7.11 Å². The number of hydrogen-bond donors (Lipinski definition) is 0. The minimum Gasteiger partial charge on any atom is -0.465 e. The molecule has 52 valence electrons. The third kappa shape index (κ3) is 2.55. The standard InChI is InChI=1S/C4H3BrF2O2/c1-9-4(8)2(5)3(6)7/h1H3. The van der Waals surface area contributed by atoms with E-state index >= 15 is 0 Å². The molecule has 0 radical (unpaired) electrons. The van der Waals surface area contributed by atoms with Crippen molar-refractivity contribution in [2.24, 2.45) is 0 Å². The highest BCUT2D eigenvalue weighted by atomic mass is 79.9. The van der Waals surface area contributed by atoms with Gasteiger partial charge in [-0.25, -0.2) is 4.79 Å². The summed E-state index contributed by atoms with van der Waals surface area (Å²) in [6.07, 6.45) is -2.08. The van der Waals surface area contributed by atoms with Crippen LogP contribution >= 0.6 is 15.9 Å². The highest BCUT2D eigenvalue weighted by Crippen LogP contribution is 2.15. The summed E-state index contributed by atoms with van der Waals surface area (Å²) in [6, 6.07) is 0. The molecule has 0 aromatic rings. The van der Waals surface area contributed by atoms with Crippen LogP contribution in [0.15, 0.2) is 10.6 Å². The molecule has 0 aromatic heterocycles. The molecule has 0 fully saturated rings. The van der Waals surface area contributed by atoms with E-state index in [1.807, 2.05) is 0 Å². The predicted octanol–water partition coefficient (Wildman–Crippen LogP) is 1.66. The first-order valence-electron chi connectivity index (χ1n) is 1.88. The highest BCUT2D eigenvalue weighted by Gasteiger charge is 2.11. The molecule has 0 heterocycles. The maximum absolute atomic E-state index is 11.4. The van der Waals surface area contributed by atoms with Crippen molar-refractivity contribution in [3.63, 3.8) is 0 Å². The van der Waals surface area contributed by atoms with E-state index in [9.17, 15) is 13.6 Å². The lowest BCUT2D eigenvalue weighted by Gasteiger charge is -1.92.